The second-order valence-corrected chi connectivity index (χ2v) is 9.34. The van der Waals surface area contributed by atoms with Crippen LogP contribution < -0.4 is 5.56 Å². The van der Waals surface area contributed by atoms with Crippen LogP contribution in [0.1, 0.15) is 31.8 Å². The van der Waals surface area contributed by atoms with E-state index in [1.807, 2.05) is 4.57 Å². The Bertz CT molecular complexity index is 1190. The van der Waals surface area contributed by atoms with E-state index in [9.17, 15) is 22.5 Å². The standard InChI is InChI=1S/C19H22F3N5O2S/c1-5-30(29)18-14(24-13-8-10(2)6-7-27(13)18)16-23-11-9-12(19(20,21)22)25(3)17(28)15(11)26(16)4/h9-10H,5-8H2,1-4H3. The number of aromatic nitrogens is 5. The summed E-state index contributed by atoms with van der Waals surface area (Å²) in [6.07, 6.45) is -3.04. The summed E-state index contributed by atoms with van der Waals surface area (Å²) in [5, 5.41) is 0.519. The minimum absolute atomic E-state index is 0.0491. The summed E-state index contributed by atoms with van der Waals surface area (Å²) < 4.78 is 56.9. The highest BCUT2D eigenvalue weighted by Crippen LogP contribution is 2.35. The quantitative estimate of drug-likeness (QED) is 0.586. The van der Waals surface area contributed by atoms with Crippen LogP contribution in [0.15, 0.2) is 15.9 Å². The lowest BCUT2D eigenvalue weighted by atomic mass is 10.0. The number of hydrogen-bond acceptors (Lipinski definition) is 4. The van der Waals surface area contributed by atoms with Gasteiger partial charge in [0.2, 0.25) is 0 Å². The Labute approximate surface area is 173 Å². The summed E-state index contributed by atoms with van der Waals surface area (Å²) in [6.45, 7) is 4.59. The first-order chi connectivity index (χ1) is 14.0. The van der Waals surface area contributed by atoms with Gasteiger partial charge in [0.25, 0.3) is 10.6 Å². The van der Waals surface area contributed by atoms with Crippen LogP contribution in [0.5, 0.6) is 0 Å². The van der Waals surface area contributed by atoms with Crippen LogP contribution >= 0.6 is 0 Å². The Morgan fingerprint density at radius 2 is 1.97 bits per heavy atom. The molecular formula is C19H22F3N5O2S. The number of nitrogens with zero attached hydrogens (tertiary/aromatic N) is 5. The molecular weight excluding hydrogens is 419 g/mol. The molecule has 4 rings (SSSR count). The highest BCUT2D eigenvalue weighted by Gasteiger charge is 2.36. The molecule has 0 N–H and O–H groups in total. The van der Waals surface area contributed by atoms with Crippen molar-refractivity contribution in [1.82, 2.24) is 23.7 Å². The maximum atomic E-state index is 13.3. The fourth-order valence-corrected chi connectivity index (χ4v) is 5.07. The normalized spacial score (nSPS) is 18.1. The molecule has 4 heterocycles. The molecule has 2 unspecified atom stereocenters. The largest absolute Gasteiger partial charge is 0.610 e. The van der Waals surface area contributed by atoms with Crippen LogP contribution in [0.3, 0.4) is 0 Å². The number of aryl methyl sites for hydroxylation is 1. The Morgan fingerprint density at radius 1 is 1.27 bits per heavy atom. The van der Waals surface area contributed by atoms with Crippen LogP contribution in [-0.4, -0.2) is 34.0 Å². The van der Waals surface area contributed by atoms with E-state index in [4.69, 9.17) is 0 Å². The van der Waals surface area contributed by atoms with Crippen molar-refractivity contribution in [3.8, 4) is 11.5 Å². The lowest BCUT2D eigenvalue weighted by Crippen LogP contribution is -2.26. The van der Waals surface area contributed by atoms with Crippen molar-refractivity contribution in [3.63, 3.8) is 0 Å². The third-order valence-electron chi connectivity index (χ3n) is 5.62. The van der Waals surface area contributed by atoms with E-state index in [0.29, 0.717) is 33.5 Å². The number of alkyl halides is 3. The van der Waals surface area contributed by atoms with Gasteiger partial charge in [0.1, 0.15) is 22.8 Å². The summed E-state index contributed by atoms with van der Waals surface area (Å²) in [7, 11) is 2.66. The molecule has 2 atom stereocenters. The zero-order valence-corrected chi connectivity index (χ0v) is 17.9. The van der Waals surface area contributed by atoms with E-state index in [0.717, 1.165) is 31.8 Å². The predicted molar refractivity (Wildman–Crippen MR) is 107 cm³/mol. The number of imidazole rings is 2. The maximum Gasteiger partial charge on any atom is 0.431 e. The highest BCUT2D eigenvalue weighted by molar-refractivity contribution is 7.91. The van der Waals surface area contributed by atoms with Crippen molar-refractivity contribution < 1.29 is 17.7 Å². The van der Waals surface area contributed by atoms with Crippen molar-refractivity contribution in [1.29, 1.82) is 0 Å². The van der Waals surface area contributed by atoms with Crippen molar-refractivity contribution in [3.05, 3.63) is 27.9 Å². The Morgan fingerprint density at radius 3 is 2.60 bits per heavy atom. The van der Waals surface area contributed by atoms with Crippen molar-refractivity contribution in [2.45, 2.75) is 44.4 Å². The molecule has 11 heteroatoms. The first kappa shape index (κ1) is 21.0. The van der Waals surface area contributed by atoms with Gasteiger partial charge in [0, 0.05) is 38.2 Å². The SMILES string of the molecule is CC[S+]([O-])c1c(-c2nc3cc(C(F)(F)F)n(C)c(=O)c3n2C)nc2n1CCC(C)C2. The van der Waals surface area contributed by atoms with Crippen LogP contribution in [0, 0.1) is 5.92 Å². The Balaban J connectivity index is 2.00. The molecule has 3 aromatic heterocycles. The van der Waals surface area contributed by atoms with Crippen LogP contribution in [0.25, 0.3) is 22.6 Å². The van der Waals surface area contributed by atoms with Gasteiger partial charge in [0.15, 0.2) is 11.5 Å². The topological polar surface area (TPSA) is 80.7 Å². The summed E-state index contributed by atoms with van der Waals surface area (Å²) in [5.41, 5.74) is -1.51. The van der Waals surface area contributed by atoms with Gasteiger partial charge < -0.3 is 13.7 Å². The fraction of sp³-hybridized carbons (Fsp3) is 0.526. The monoisotopic (exact) mass is 441 g/mol. The van der Waals surface area contributed by atoms with Crippen molar-refractivity contribution >= 4 is 22.2 Å². The first-order valence-corrected chi connectivity index (χ1v) is 11.0. The minimum atomic E-state index is -4.68. The number of fused-ring (bicyclic) bond motifs is 2. The smallest absolute Gasteiger partial charge is 0.431 e. The van der Waals surface area contributed by atoms with E-state index < -0.39 is 28.6 Å². The summed E-state index contributed by atoms with van der Waals surface area (Å²) in [4.78, 5) is 21.7. The molecule has 0 fully saturated rings. The summed E-state index contributed by atoms with van der Waals surface area (Å²) >= 11 is -1.35. The highest BCUT2D eigenvalue weighted by atomic mass is 32.2. The fourth-order valence-electron chi connectivity index (χ4n) is 4.00. The van der Waals surface area contributed by atoms with E-state index in [-0.39, 0.29) is 16.9 Å². The summed E-state index contributed by atoms with van der Waals surface area (Å²) in [5.74, 6) is 1.83. The molecule has 0 spiro atoms. The van der Waals surface area contributed by atoms with Gasteiger partial charge in [-0.2, -0.15) is 13.2 Å². The van der Waals surface area contributed by atoms with Gasteiger partial charge in [-0.05, 0) is 25.3 Å². The molecule has 162 valence electrons. The van der Waals surface area contributed by atoms with Gasteiger partial charge in [0.05, 0.1) is 5.52 Å². The summed E-state index contributed by atoms with van der Waals surface area (Å²) in [6, 6.07) is 0.870. The number of pyridine rings is 1. The zero-order chi connectivity index (χ0) is 22.0. The van der Waals surface area contributed by atoms with Gasteiger partial charge in [-0.1, -0.05) is 6.92 Å². The lowest BCUT2D eigenvalue weighted by molar-refractivity contribution is -0.143. The molecule has 30 heavy (non-hydrogen) atoms. The predicted octanol–water partition coefficient (Wildman–Crippen LogP) is 2.86. The molecule has 1 aliphatic heterocycles. The van der Waals surface area contributed by atoms with Gasteiger partial charge >= 0.3 is 6.18 Å². The Kier molecular flexibility index (Phi) is 5.00. The molecule has 3 aromatic rings. The number of hydrogen-bond donors (Lipinski definition) is 0. The first-order valence-electron chi connectivity index (χ1n) is 9.66. The van der Waals surface area contributed by atoms with Gasteiger partial charge in [-0.3, -0.25) is 9.36 Å². The molecule has 0 saturated carbocycles. The minimum Gasteiger partial charge on any atom is -0.610 e. The molecule has 0 aromatic carbocycles. The van der Waals surface area contributed by atoms with Crippen LogP contribution in [-0.2, 0) is 44.4 Å². The van der Waals surface area contributed by atoms with Gasteiger partial charge in [-0.25, -0.2) is 9.97 Å². The van der Waals surface area contributed by atoms with Gasteiger partial charge in [-0.15, -0.1) is 0 Å². The number of rotatable bonds is 3. The third-order valence-corrected chi connectivity index (χ3v) is 6.99. The molecule has 0 aliphatic carbocycles. The Hall–Kier alpha value is -2.27. The van der Waals surface area contributed by atoms with Crippen LogP contribution in [0.2, 0.25) is 0 Å². The maximum absolute atomic E-state index is 13.3. The van der Waals surface area contributed by atoms with E-state index in [1.54, 1.807) is 14.0 Å². The van der Waals surface area contributed by atoms with E-state index in [2.05, 4.69) is 16.9 Å². The second-order valence-electron chi connectivity index (χ2n) is 7.69. The molecule has 0 saturated heterocycles. The third kappa shape index (κ3) is 3.15. The average Bonchev–Trinajstić information content (AvgIpc) is 3.20. The molecule has 1 aliphatic rings. The molecule has 0 radical (unpaired) electrons. The lowest BCUT2D eigenvalue weighted by Gasteiger charge is -2.21. The number of halogens is 3. The van der Waals surface area contributed by atoms with E-state index >= 15 is 0 Å². The van der Waals surface area contributed by atoms with Crippen molar-refractivity contribution in [2.75, 3.05) is 5.75 Å². The zero-order valence-electron chi connectivity index (χ0n) is 17.1. The molecule has 0 bridgehead atoms. The average molecular weight is 441 g/mol. The van der Waals surface area contributed by atoms with Crippen molar-refractivity contribution in [2.24, 2.45) is 20.0 Å². The van der Waals surface area contributed by atoms with E-state index in [1.165, 1.54) is 4.57 Å². The molecule has 7 nitrogen and oxygen atoms in total. The second kappa shape index (κ2) is 7.16. The molecule has 0 amide bonds. The van der Waals surface area contributed by atoms with Crippen LogP contribution in [0.4, 0.5) is 13.2 Å².